The number of benzene rings is 1. The number of anilines is 1. The quantitative estimate of drug-likeness (QED) is 0.725. The average molecular weight is 333 g/mol. The molecular formula is C19H19N5O. The number of nitrogens with zero attached hydrogens (tertiary/aromatic N) is 3. The molecule has 2 heterocycles. The lowest BCUT2D eigenvalue weighted by Gasteiger charge is -2.08. The van der Waals surface area contributed by atoms with Crippen molar-refractivity contribution in [3.05, 3.63) is 83.6 Å². The zero-order valence-corrected chi connectivity index (χ0v) is 13.9. The van der Waals surface area contributed by atoms with Gasteiger partial charge in [0.25, 0.3) is 5.91 Å². The van der Waals surface area contributed by atoms with Crippen LogP contribution in [0.25, 0.3) is 0 Å². The van der Waals surface area contributed by atoms with Crippen LogP contribution in [0.5, 0.6) is 0 Å². The molecule has 126 valence electrons. The van der Waals surface area contributed by atoms with E-state index in [1.807, 2.05) is 43.3 Å². The highest BCUT2D eigenvalue weighted by Gasteiger charge is 2.08. The zero-order valence-electron chi connectivity index (χ0n) is 13.9. The van der Waals surface area contributed by atoms with Gasteiger partial charge in [0, 0.05) is 31.5 Å². The molecule has 3 aromatic rings. The van der Waals surface area contributed by atoms with E-state index in [9.17, 15) is 4.79 Å². The minimum atomic E-state index is -0.226. The van der Waals surface area contributed by atoms with E-state index >= 15 is 0 Å². The van der Waals surface area contributed by atoms with E-state index < -0.39 is 0 Å². The highest BCUT2D eigenvalue weighted by atomic mass is 16.1. The highest BCUT2D eigenvalue weighted by molar-refractivity contribution is 5.92. The normalized spacial score (nSPS) is 10.3. The first-order chi connectivity index (χ1) is 12.2. The van der Waals surface area contributed by atoms with Crippen LogP contribution in [0.3, 0.4) is 0 Å². The number of carbonyl (C=O) groups is 1. The van der Waals surface area contributed by atoms with E-state index in [1.54, 1.807) is 18.5 Å². The molecule has 0 aliphatic carbocycles. The molecule has 0 fully saturated rings. The Labute approximate surface area is 146 Å². The molecule has 6 nitrogen and oxygen atoms in total. The molecule has 2 N–H and O–H groups in total. The molecule has 6 heteroatoms. The summed E-state index contributed by atoms with van der Waals surface area (Å²) < 4.78 is 0. The monoisotopic (exact) mass is 333 g/mol. The van der Waals surface area contributed by atoms with Gasteiger partial charge >= 0.3 is 0 Å². The molecule has 0 unspecified atom stereocenters. The van der Waals surface area contributed by atoms with E-state index in [4.69, 9.17) is 0 Å². The molecule has 0 atom stereocenters. The number of aryl methyl sites for hydroxylation is 1. The molecular weight excluding hydrogens is 314 g/mol. The maximum absolute atomic E-state index is 12.3. The maximum atomic E-state index is 12.3. The summed E-state index contributed by atoms with van der Waals surface area (Å²) in [5, 5.41) is 6.06. The van der Waals surface area contributed by atoms with E-state index in [2.05, 4.69) is 25.6 Å². The zero-order chi connectivity index (χ0) is 17.5. The van der Waals surface area contributed by atoms with Crippen LogP contribution in [0.15, 0.2) is 61.2 Å². The summed E-state index contributed by atoms with van der Waals surface area (Å²) in [7, 11) is 0. The molecule has 0 aliphatic rings. The predicted octanol–water partition coefficient (Wildman–Crippen LogP) is 2.72. The van der Waals surface area contributed by atoms with Gasteiger partial charge in [-0.1, -0.05) is 29.8 Å². The molecule has 0 bridgehead atoms. The molecule has 25 heavy (non-hydrogen) atoms. The van der Waals surface area contributed by atoms with Gasteiger partial charge in [-0.25, -0.2) is 9.97 Å². The third kappa shape index (κ3) is 4.84. The van der Waals surface area contributed by atoms with Crippen LogP contribution in [0.2, 0.25) is 0 Å². The van der Waals surface area contributed by atoms with Crippen LogP contribution in [-0.4, -0.2) is 20.9 Å². The van der Waals surface area contributed by atoms with E-state index in [0.29, 0.717) is 24.6 Å². The van der Waals surface area contributed by atoms with Gasteiger partial charge in [0.15, 0.2) is 0 Å². The van der Waals surface area contributed by atoms with Gasteiger partial charge in [0.05, 0.1) is 0 Å². The Morgan fingerprint density at radius 2 is 1.84 bits per heavy atom. The fourth-order valence-corrected chi connectivity index (χ4v) is 2.37. The average Bonchev–Trinajstić information content (AvgIpc) is 2.65. The van der Waals surface area contributed by atoms with Gasteiger partial charge < -0.3 is 10.6 Å². The first-order valence-corrected chi connectivity index (χ1v) is 7.99. The van der Waals surface area contributed by atoms with Crippen LogP contribution < -0.4 is 10.6 Å². The van der Waals surface area contributed by atoms with E-state index in [1.165, 1.54) is 6.33 Å². The first kappa shape index (κ1) is 16.6. The van der Waals surface area contributed by atoms with Gasteiger partial charge in [0.2, 0.25) is 0 Å². The number of nitrogens with one attached hydrogen (secondary N) is 2. The number of hydrogen-bond acceptors (Lipinski definition) is 5. The van der Waals surface area contributed by atoms with Crippen molar-refractivity contribution in [1.29, 1.82) is 0 Å². The van der Waals surface area contributed by atoms with Crippen LogP contribution in [0, 0.1) is 6.92 Å². The van der Waals surface area contributed by atoms with Crippen molar-refractivity contribution in [2.75, 3.05) is 5.32 Å². The van der Waals surface area contributed by atoms with E-state index in [0.717, 1.165) is 16.7 Å². The largest absolute Gasteiger partial charge is 0.366 e. The lowest BCUT2D eigenvalue weighted by atomic mass is 10.1. The maximum Gasteiger partial charge on any atom is 0.270 e. The first-order valence-electron chi connectivity index (χ1n) is 7.99. The van der Waals surface area contributed by atoms with Gasteiger partial charge in [-0.3, -0.25) is 9.78 Å². The van der Waals surface area contributed by atoms with Gasteiger partial charge in [-0.2, -0.15) is 0 Å². The van der Waals surface area contributed by atoms with Gasteiger partial charge in [-0.05, 0) is 30.2 Å². The SMILES string of the molecule is Cc1cccc(CNC(=O)c2cc(NCc3ccncc3)ncn2)c1. The third-order valence-corrected chi connectivity index (χ3v) is 3.66. The molecule has 0 saturated carbocycles. The minimum absolute atomic E-state index is 0.226. The van der Waals surface area contributed by atoms with Crippen molar-refractivity contribution in [2.45, 2.75) is 20.0 Å². The summed E-state index contributed by atoms with van der Waals surface area (Å²) in [4.78, 5) is 24.5. The molecule has 1 aromatic carbocycles. The molecule has 0 radical (unpaired) electrons. The molecule has 2 aromatic heterocycles. The number of rotatable bonds is 6. The van der Waals surface area contributed by atoms with Crippen LogP contribution in [-0.2, 0) is 13.1 Å². The number of aromatic nitrogens is 3. The smallest absolute Gasteiger partial charge is 0.270 e. The fourth-order valence-electron chi connectivity index (χ4n) is 2.37. The Bertz CT molecular complexity index is 851. The summed E-state index contributed by atoms with van der Waals surface area (Å²) in [5.74, 6) is 0.378. The lowest BCUT2D eigenvalue weighted by molar-refractivity contribution is 0.0946. The summed E-state index contributed by atoms with van der Waals surface area (Å²) >= 11 is 0. The standard InChI is InChI=1S/C19H19N5O/c1-14-3-2-4-16(9-14)12-22-19(25)17-10-18(24-13-23-17)21-11-15-5-7-20-8-6-15/h2-10,13H,11-12H2,1H3,(H,22,25)(H,21,23,24). The number of amides is 1. The molecule has 0 aliphatic heterocycles. The molecule has 0 saturated heterocycles. The van der Waals surface area contributed by atoms with E-state index in [-0.39, 0.29) is 5.91 Å². The second-order valence-corrected chi connectivity index (χ2v) is 5.67. The lowest BCUT2D eigenvalue weighted by Crippen LogP contribution is -2.24. The summed E-state index contributed by atoms with van der Waals surface area (Å²) in [6.45, 7) is 3.09. The fraction of sp³-hybridized carbons (Fsp3) is 0.158. The van der Waals surface area contributed by atoms with Crippen molar-refractivity contribution in [3.63, 3.8) is 0 Å². The predicted molar refractivity (Wildman–Crippen MR) is 95.9 cm³/mol. The Hall–Kier alpha value is -3.28. The van der Waals surface area contributed by atoms with Crippen molar-refractivity contribution < 1.29 is 4.79 Å². The minimum Gasteiger partial charge on any atom is -0.366 e. The van der Waals surface area contributed by atoms with Crippen molar-refractivity contribution in [3.8, 4) is 0 Å². The molecule has 0 spiro atoms. The number of carbonyl (C=O) groups excluding carboxylic acids is 1. The highest BCUT2D eigenvalue weighted by Crippen LogP contribution is 2.08. The van der Waals surface area contributed by atoms with Crippen molar-refractivity contribution in [1.82, 2.24) is 20.3 Å². The second kappa shape index (κ2) is 8.01. The summed E-state index contributed by atoms with van der Waals surface area (Å²) in [5.41, 5.74) is 3.63. The van der Waals surface area contributed by atoms with Crippen molar-refractivity contribution >= 4 is 11.7 Å². The summed E-state index contributed by atoms with van der Waals surface area (Å²) in [6.07, 6.45) is 4.86. The Kier molecular flexibility index (Phi) is 5.31. The van der Waals surface area contributed by atoms with Crippen LogP contribution in [0.1, 0.15) is 27.2 Å². The molecule has 3 rings (SSSR count). The summed E-state index contributed by atoms with van der Waals surface area (Å²) in [6, 6.07) is 13.5. The Balaban J connectivity index is 1.59. The van der Waals surface area contributed by atoms with Crippen LogP contribution in [0.4, 0.5) is 5.82 Å². The third-order valence-electron chi connectivity index (χ3n) is 3.66. The number of pyridine rings is 1. The van der Waals surface area contributed by atoms with Gasteiger partial charge in [-0.15, -0.1) is 0 Å². The number of hydrogen-bond donors (Lipinski definition) is 2. The van der Waals surface area contributed by atoms with Gasteiger partial charge in [0.1, 0.15) is 17.8 Å². The van der Waals surface area contributed by atoms with Crippen molar-refractivity contribution in [2.24, 2.45) is 0 Å². The Morgan fingerprint density at radius 1 is 1.00 bits per heavy atom. The molecule has 1 amide bonds. The topological polar surface area (TPSA) is 79.8 Å². The Morgan fingerprint density at radius 3 is 2.64 bits per heavy atom. The second-order valence-electron chi connectivity index (χ2n) is 5.67. The van der Waals surface area contributed by atoms with Crippen LogP contribution >= 0.6 is 0 Å².